The fourth-order valence-corrected chi connectivity index (χ4v) is 1.19. The van der Waals surface area contributed by atoms with Crippen LogP contribution in [-0.4, -0.2) is 40.7 Å². The van der Waals surface area contributed by atoms with Crippen LogP contribution in [0.25, 0.3) is 6.20 Å². The first-order valence-electron chi connectivity index (χ1n) is 5.27. The third kappa shape index (κ3) is 3.51. The highest BCUT2D eigenvalue weighted by Gasteiger charge is 2.05. The molecule has 0 fully saturated rings. The Morgan fingerprint density at radius 2 is 2.50 bits per heavy atom. The quantitative estimate of drug-likeness (QED) is 0.764. The Bertz CT molecular complexity index is 359. The van der Waals surface area contributed by atoms with Crippen LogP contribution >= 0.6 is 0 Å². The van der Waals surface area contributed by atoms with Crippen LogP contribution in [0.15, 0.2) is 19.0 Å². The maximum Gasteiger partial charge on any atom is 0.236 e. The summed E-state index contributed by atoms with van der Waals surface area (Å²) in [6.07, 6.45) is 5.25. The predicted octanol–water partition coefficient (Wildman–Crippen LogP) is 0.551. The van der Waals surface area contributed by atoms with Gasteiger partial charge in [-0.3, -0.25) is 4.79 Å². The second-order valence-corrected chi connectivity index (χ2v) is 3.52. The number of carbonyl (C=O) groups is 1. The van der Waals surface area contributed by atoms with Gasteiger partial charge in [-0.1, -0.05) is 6.58 Å². The van der Waals surface area contributed by atoms with E-state index in [4.69, 9.17) is 0 Å². The van der Waals surface area contributed by atoms with E-state index >= 15 is 0 Å². The van der Waals surface area contributed by atoms with Crippen LogP contribution < -0.4 is 5.32 Å². The van der Waals surface area contributed by atoms with Crippen LogP contribution in [-0.2, 0) is 11.3 Å². The molecule has 0 radical (unpaired) electrons. The minimum absolute atomic E-state index is 0.0959. The molecule has 1 rings (SSSR count). The minimum Gasteiger partial charge on any atom is -0.345 e. The zero-order chi connectivity index (χ0) is 12.0. The summed E-state index contributed by atoms with van der Waals surface area (Å²) in [6, 6.07) is 0. The molecule has 16 heavy (non-hydrogen) atoms. The first-order chi connectivity index (χ1) is 7.67. The molecule has 1 amide bonds. The molecule has 0 atom stereocenters. The van der Waals surface area contributed by atoms with Crippen molar-refractivity contribution in [1.82, 2.24) is 20.0 Å². The van der Waals surface area contributed by atoms with Gasteiger partial charge in [0.15, 0.2) is 0 Å². The summed E-state index contributed by atoms with van der Waals surface area (Å²) in [5.74, 6) is 0.0959. The number of rotatable bonds is 6. The number of carbonyl (C=O) groups excluding carboxylic acids is 1. The average molecular weight is 222 g/mol. The van der Waals surface area contributed by atoms with Gasteiger partial charge in [-0.2, -0.15) is 5.10 Å². The SMILES string of the molecule is C=Cn1cc(CNCC(=O)N(C)CC)cn1. The van der Waals surface area contributed by atoms with Gasteiger partial charge in [0.1, 0.15) is 0 Å². The normalized spacial score (nSPS) is 10.1. The molecule has 88 valence electrons. The zero-order valence-electron chi connectivity index (χ0n) is 9.81. The lowest BCUT2D eigenvalue weighted by molar-refractivity contribution is -0.128. The fourth-order valence-electron chi connectivity index (χ4n) is 1.19. The summed E-state index contributed by atoms with van der Waals surface area (Å²) < 4.78 is 1.64. The topological polar surface area (TPSA) is 50.2 Å². The van der Waals surface area contributed by atoms with Crippen LogP contribution in [0.3, 0.4) is 0 Å². The van der Waals surface area contributed by atoms with E-state index in [-0.39, 0.29) is 5.91 Å². The van der Waals surface area contributed by atoms with Crippen molar-refractivity contribution in [2.75, 3.05) is 20.1 Å². The lowest BCUT2D eigenvalue weighted by atomic mass is 10.3. The van der Waals surface area contributed by atoms with E-state index < -0.39 is 0 Å². The molecule has 0 bridgehead atoms. The number of hydrogen-bond acceptors (Lipinski definition) is 3. The molecule has 0 unspecified atom stereocenters. The number of amides is 1. The summed E-state index contributed by atoms with van der Waals surface area (Å²) in [7, 11) is 1.79. The lowest BCUT2D eigenvalue weighted by Crippen LogP contribution is -2.35. The summed E-state index contributed by atoms with van der Waals surface area (Å²) in [4.78, 5) is 13.1. The fraction of sp³-hybridized carbons (Fsp3) is 0.455. The van der Waals surface area contributed by atoms with Crippen molar-refractivity contribution in [3.05, 3.63) is 24.5 Å². The molecule has 1 N–H and O–H groups in total. The van der Waals surface area contributed by atoms with E-state index in [0.717, 1.165) is 12.1 Å². The van der Waals surface area contributed by atoms with Crippen LogP contribution in [0.5, 0.6) is 0 Å². The first kappa shape index (κ1) is 12.4. The Labute approximate surface area is 95.7 Å². The van der Waals surface area contributed by atoms with E-state index in [2.05, 4.69) is 17.0 Å². The Kier molecular flexibility index (Phi) is 4.72. The number of aromatic nitrogens is 2. The van der Waals surface area contributed by atoms with E-state index in [1.54, 1.807) is 29.0 Å². The highest BCUT2D eigenvalue weighted by Crippen LogP contribution is 1.96. The number of hydrogen-bond donors (Lipinski definition) is 1. The summed E-state index contributed by atoms with van der Waals surface area (Å²) >= 11 is 0. The van der Waals surface area contributed by atoms with Gasteiger partial charge in [0.05, 0.1) is 12.7 Å². The maximum atomic E-state index is 11.5. The van der Waals surface area contributed by atoms with E-state index in [0.29, 0.717) is 13.1 Å². The van der Waals surface area contributed by atoms with Crippen LogP contribution in [0, 0.1) is 0 Å². The first-order valence-corrected chi connectivity index (χ1v) is 5.27. The molecule has 1 aromatic rings. The maximum absolute atomic E-state index is 11.5. The van der Waals surface area contributed by atoms with Gasteiger partial charge in [-0.05, 0) is 6.92 Å². The van der Waals surface area contributed by atoms with Crippen molar-refractivity contribution in [2.45, 2.75) is 13.5 Å². The summed E-state index contributed by atoms with van der Waals surface area (Å²) in [5.41, 5.74) is 1.03. The molecule has 0 aliphatic heterocycles. The molecule has 0 aliphatic carbocycles. The van der Waals surface area contributed by atoms with Gasteiger partial charge < -0.3 is 10.2 Å². The van der Waals surface area contributed by atoms with Crippen molar-refractivity contribution >= 4 is 12.1 Å². The Hall–Kier alpha value is -1.62. The number of likely N-dealkylation sites (N-methyl/N-ethyl adjacent to an activating group) is 1. The standard InChI is InChI=1S/C11H18N4O/c1-4-14(3)11(16)8-12-6-10-7-13-15(5-2)9-10/h5,7,9,12H,2,4,6,8H2,1,3H3. The molecule has 1 aromatic heterocycles. The van der Waals surface area contributed by atoms with Crippen molar-refractivity contribution in [3.63, 3.8) is 0 Å². The second kappa shape index (κ2) is 6.07. The Morgan fingerprint density at radius 3 is 3.06 bits per heavy atom. The van der Waals surface area contributed by atoms with Gasteiger partial charge in [-0.25, -0.2) is 4.68 Å². The highest BCUT2D eigenvalue weighted by atomic mass is 16.2. The average Bonchev–Trinajstić information content (AvgIpc) is 2.75. The molecule has 1 heterocycles. The third-order valence-electron chi connectivity index (χ3n) is 2.35. The second-order valence-electron chi connectivity index (χ2n) is 3.52. The number of nitrogens with one attached hydrogen (secondary N) is 1. The molecule has 5 heteroatoms. The zero-order valence-corrected chi connectivity index (χ0v) is 9.81. The Morgan fingerprint density at radius 1 is 1.75 bits per heavy atom. The molecule has 0 spiro atoms. The molecule has 0 saturated carbocycles. The predicted molar refractivity (Wildman–Crippen MR) is 63.6 cm³/mol. The van der Waals surface area contributed by atoms with E-state index in [1.165, 1.54) is 0 Å². The van der Waals surface area contributed by atoms with Crippen LogP contribution in [0.4, 0.5) is 0 Å². The number of nitrogens with zero attached hydrogens (tertiary/aromatic N) is 3. The third-order valence-corrected chi connectivity index (χ3v) is 2.35. The highest BCUT2D eigenvalue weighted by molar-refractivity contribution is 5.77. The van der Waals surface area contributed by atoms with Gasteiger partial charge in [0, 0.05) is 38.1 Å². The van der Waals surface area contributed by atoms with Gasteiger partial charge in [-0.15, -0.1) is 0 Å². The Balaban J connectivity index is 2.30. The van der Waals surface area contributed by atoms with Crippen LogP contribution in [0.1, 0.15) is 12.5 Å². The largest absolute Gasteiger partial charge is 0.345 e. The summed E-state index contributed by atoms with van der Waals surface area (Å²) in [6.45, 7) is 7.27. The monoisotopic (exact) mass is 222 g/mol. The smallest absolute Gasteiger partial charge is 0.236 e. The van der Waals surface area contributed by atoms with Gasteiger partial charge in [0.2, 0.25) is 5.91 Å². The van der Waals surface area contributed by atoms with Crippen molar-refractivity contribution in [3.8, 4) is 0 Å². The van der Waals surface area contributed by atoms with Crippen LogP contribution in [0.2, 0.25) is 0 Å². The minimum atomic E-state index is 0.0959. The molecule has 0 aliphatic rings. The van der Waals surface area contributed by atoms with Gasteiger partial charge >= 0.3 is 0 Å². The van der Waals surface area contributed by atoms with Crippen molar-refractivity contribution in [2.24, 2.45) is 0 Å². The van der Waals surface area contributed by atoms with E-state index in [1.807, 2.05) is 13.1 Å². The molecule has 0 aromatic carbocycles. The lowest BCUT2D eigenvalue weighted by Gasteiger charge is -2.14. The van der Waals surface area contributed by atoms with Crippen molar-refractivity contribution in [1.29, 1.82) is 0 Å². The molecular formula is C11H18N4O. The van der Waals surface area contributed by atoms with Crippen molar-refractivity contribution < 1.29 is 4.79 Å². The molecule has 0 saturated heterocycles. The van der Waals surface area contributed by atoms with Gasteiger partial charge in [0.25, 0.3) is 0 Å². The van der Waals surface area contributed by atoms with E-state index in [9.17, 15) is 4.79 Å². The molecule has 5 nitrogen and oxygen atoms in total. The summed E-state index contributed by atoms with van der Waals surface area (Å²) in [5, 5.41) is 7.12. The molecular weight excluding hydrogens is 204 g/mol.